The largest absolute Gasteiger partial charge is 0.497 e. The summed E-state index contributed by atoms with van der Waals surface area (Å²) in [7, 11) is 1.66. The fraction of sp³-hybridized carbons (Fsp3) is 0.143. The smallest absolute Gasteiger partial charge is 0.118 e. The zero-order valence-corrected chi connectivity index (χ0v) is 10.8. The van der Waals surface area contributed by atoms with Gasteiger partial charge in [-0.2, -0.15) is 0 Å². The molecule has 0 saturated carbocycles. The van der Waals surface area contributed by atoms with Gasteiger partial charge in [0, 0.05) is 55.9 Å². The third-order valence-corrected chi connectivity index (χ3v) is 1.58. The van der Waals surface area contributed by atoms with E-state index < -0.39 is 0 Å². The van der Waals surface area contributed by atoms with Crippen LogP contribution in [0, 0.1) is 0 Å². The second-order valence-corrected chi connectivity index (χ2v) is 2.57. The van der Waals surface area contributed by atoms with E-state index in [4.69, 9.17) is 4.74 Å². The van der Waals surface area contributed by atoms with Crippen molar-refractivity contribution in [3.63, 3.8) is 0 Å². The van der Waals surface area contributed by atoms with Crippen LogP contribution in [0.2, 0.25) is 0 Å². The molecule has 0 N–H and O–H groups in total. The van der Waals surface area contributed by atoms with Crippen molar-refractivity contribution in [1.82, 2.24) is 0 Å². The van der Waals surface area contributed by atoms with Gasteiger partial charge in [-0.25, -0.2) is 0 Å². The van der Waals surface area contributed by atoms with Crippen molar-refractivity contribution in [1.29, 1.82) is 0 Å². The van der Waals surface area contributed by atoms with Crippen LogP contribution in [0.3, 0.4) is 0 Å². The van der Waals surface area contributed by atoms with Gasteiger partial charge in [0.2, 0.25) is 0 Å². The van der Waals surface area contributed by atoms with Gasteiger partial charge in [-0.15, -0.1) is 0 Å². The molecular formula is C7H7BrKO. The molecule has 1 aromatic rings. The number of methoxy groups -OCH3 is 1. The predicted molar refractivity (Wildman–Crippen MR) is 46.4 cm³/mol. The number of ether oxygens (including phenoxy) is 1. The number of benzene rings is 1. The molecule has 0 aliphatic carbocycles. The monoisotopic (exact) mass is 225 g/mol. The first kappa shape index (κ1) is 11.1. The van der Waals surface area contributed by atoms with Crippen LogP contribution in [0.15, 0.2) is 28.7 Å². The van der Waals surface area contributed by atoms with Gasteiger partial charge in [-0.05, 0) is 24.3 Å². The Morgan fingerprint density at radius 2 is 1.70 bits per heavy atom. The normalized spacial score (nSPS) is 8.20. The van der Waals surface area contributed by atoms with Crippen molar-refractivity contribution in [3.05, 3.63) is 28.7 Å². The molecular weight excluding hydrogens is 219 g/mol. The van der Waals surface area contributed by atoms with Crippen molar-refractivity contribution in [3.8, 4) is 5.75 Å². The van der Waals surface area contributed by atoms with Gasteiger partial charge >= 0.3 is 0 Å². The van der Waals surface area contributed by atoms with Crippen molar-refractivity contribution in [2.45, 2.75) is 0 Å². The summed E-state index contributed by atoms with van der Waals surface area (Å²) in [6.07, 6.45) is 0. The van der Waals surface area contributed by atoms with Gasteiger partial charge in [0.05, 0.1) is 7.11 Å². The maximum Gasteiger partial charge on any atom is 0.118 e. The first-order chi connectivity index (χ1) is 4.33. The van der Waals surface area contributed by atoms with E-state index in [0.29, 0.717) is 0 Å². The number of hydrogen-bond donors (Lipinski definition) is 0. The molecule has 1 nitrogen and oxygen atoms in total. The average molecular weight is 226 g/mol. The van der Waals surface area contributed by atoms with Crippen molar-refractivity contribution in [2.24, 2.45) is 0 Å². The van der Waals surface area contributed by atoms with Gasteiger partial charge in [0.25, 0.3) is 0 Å². The Morgan fingerprint density at radius 3 is 2.10 bits per heavy atom. The Labute approximate surface area is 112 Å². The fourth-order valence-corrected chi connectivity index (χ4v) is 0.835. The maximum atomic E-state index is 4.95. The van der Waals surface area contributed by atoms with E-state index in [0.717, 1.165) is 10.2 Å². The number of hydrogen-bond acceptors (Lipinski definition) is 1. The van der Waals surface area contributed by atoms with Crippen LogP contribution in [0.25, 0.3) is 0 Å². The van der Waals surface area contributed by atoms with Crippen molar-refractivity contribution in [2.75, 3.05) is 7.11 Å². The predicted octanol–water partition coefficient (Wildman–Crippen LogP) is 2.08. The topological polar surface area (TPSA) is 9.23 Å². The van der Waals surface area contributed by atoms with Crippen LogP contribution < -0.4 is 4.74 Å². The van der Waals surface area contributed by atoms with E-state index in [9.17, 15) is 0 Å². The molecule has 1 rings (SSSR count). The number of halogens is 1. The van der Waals surface area contributed by atoms with Crippen LogP contribution in [0.5, 0.6) is 5.75 Å². The van der Waals surface area contributed by atoms with Crippen LogP contribution >= 0.6 is 15.9 Å². The van der Waals surface area contributed by atoms with E-state index in [2.05, 4.69) is 15.9 Å². The van der Waals surface area contributed by atoms with Gasteiger partial charge in [0.15, 0.2) is 0 Å². The van der Waals surface area contributed by atoms with Crippen LogP contribution in [0.4, 0.5) is 0 Å². The van der Waals surface area contributed by atoms with Gasteiger partial charge in [-0.1, -0.05) is 15.9 Å². The quantitative estimate of drug-likeness (QED) is 0.666. The Kier molecular flexibility index (Phi) is 6.40. The number of rotatable bonds is 1. The van der Waals surface area contributed by atoms with E-state index in [1.54, 1.807) is 7.11 Å². The molecule has 1 aromatic carbocycles. The Balaban J connectivity index is 0.000000810. The molecule has 0 heterocycles. The summed E-state index contributed by atoms with van der Waals surface area (Å²) in [5.41, 5.74) is 0. The summed E-state index contributed by atoms with van der Waals surface area (Å²) in [4.78, 5) is 0. The summed E-state index contributed by atoms with van der Waals surface area (Å²) >= 11 is 3.32. The second-order valence-electron chi connectivity index (χ2n) is 1.66. The minimum atomic E-state index is 0. The minimum Gasteiger partial charge on any atom is -0.497 e. The first-order valence-electron chi connectivity index (χ1n) is 2.62. The fourth-order valence-electron chi connectivity index (χ4n) is 0.571. The summed E-state index contributed by atoms with van der Waals surface area (Å²) in [6, 6.07) is 7.70. The standard InChI is InChI=1S/C7H7BrO.K/c1-9-7-4-2-6(8)3-5-7;/h2-5H,1H3;. The van der Waals surface area contributed by atoms with E-state index in [1.807, 2.05) is 24.3 Å². The third kappa shape index (κ3) is 3.50. The minimum absolute atomic E-state index is 0. The maximum absolute atomic E-state index is 4.95. The van der Waals surface area contributed by atoms with Gasteiger partial charge in [-0.3, -0.25) is 0 Å². The van der Waals surface area contributed by atoms with Crippen LogP contribution in [0.1, 0.15) is 0 Å². The molecule has 0 saturated heterocycles. The van der Waals surface area contributed by atoms with Gasteiger partial charge < -0.3 is 4.74 Å². The molecule has 0 aliphatic rings. The summed E-state index contributed by atoms with van der Waals surface area (Å²) in [6.45, 7) is 0. The molecule has 0 aliphatic heterocycles. The first-order valence-corrected chi connectivity index (χ1v) is 3.42. The zero-order valence-electron chi connectivity index (χ0n) is 6.10. The van der Waals surface area contributed by atoms with Crippen LogP contribution in [-0.4, -0.2) is 58.5 Å². The van der Waals surface area contributed by atoms with E-state index in [1.165, 1.54) is 0 Å². The second kappa shape index (κ2) is 5.74. The Bertz CT molecular complexity index is 185. The van der Waals surface area contributed by atoms with Crippen molar-refractivity contribution >= 4 is 67.3 Å². The molecule has 0 aromatic heterocycles. The van der Waals surface area contributed by atoms with Crippen LogP contribution in [-0.2, 0) is 0 Å². The Morgan fingerprint density at radius 1 is 1.20 bits per heavy atom. The molecule has 49 valence electrons. The molecule has 0 bridgehead atoms. The SMILES string of the molecule is COc1ccc(Br)cc1.[K]. The third-order valence-electron chi connectivity index (χ3n) is 1.05. The average Bonchev–Trinajstić information content (AvgIpc) is 1.90. The molecule has 10 heavy (non-hydrogen) atoms. The molecule has 0 atom stereocenters. The van der Waals surface area contributed by atoms with Crippen molar-refractivity contribution < 1.29 is 4.74 Å². The van der Waals surface area contributed by atoms with Gasteiger partial charge in [0.1, 0.15) is 5.75 Å². The van der Waals surface area contributed by atoms with E-state index in [-0.39, 0.29) is 51.4 Å². The molecule has 0 amide bonds. The molecule has 0 fully saturated rings. The molecule has 0 spiro atoms. The molecule has 0 unspecified atom stereocenters. The summed E-state index contributed by atoms with van der Waals surface area (Å²) in [5, 5.41) is 0. The van der Waals surface area contributed by atoms with E-state index >= 15 is 0 Å². The molecule has 1 radical (unpaired) electrons. The Hall–Kier alpha value is 1.14. The summed E-state index contributed by atoms with van der Waals surface area (Å²) in [5.74, 6) is 0.887. The molecule has 3 heteroatoms. The zero-order chi connectivity index (χ0) is 6.69. The summed E-state index contributed by atoms with van der Waals surface area (Å²) < 4.78 is 6.02.